The van der Waals surface area contributed by atoms with Gasteiger partial charge in [-0.05, 0) is 41.7 Å². The molecule has 0 saturated carbocycles. The van der Waals surface area contributed by atoms with Gasteiger partial charge < -0.3 is 5.11 Å². The molecule has 0 spiro atoms. The molecule has 0 fully saturated rings. The number of hydrogen-bond donors (Lipinski definition) is 1. The van der Waals surface area contributed by atoms with Crippen molar-refractivity contribution >= 4 is 10.8 Å². The van der Waals surface area contributed by atoms with E-state index in [0.29, 0.717) is 12.8 Å². The zero-order chi connectivity index (χ0) is 14.7. The number of hydrogen-bond acceptors (Lipinski definition) is 1. The number of fused-ring (bicyclic) bond motifs is 1. The fourth-order valence-electron chi connectivity index (χ4n) is 2.82. The van der Waals surface area contributed by atoms with Gasteiger partial charge in [0.15, 0.2) is 0 Å². The van der Waals surface area contributed by atoms with Crippen LogP contribution in [-0.2, 0) is 12.8 Å². The summed E-state index contributed by atoms with van der Waals surface area (Å²) in [5.74, 6) is 0. The Kier molecular flexibility index (Phi) is 4.03. The molecular formula is C20H20O. The second kappa shape index (κ2) is 6.11. The molecule has 1 unspecified atom stereocenters. The molecule has 1 atom stereocenters. The van der Waals surface area contributed by atoms with Gasteiger partial charge in [0.05, 0.1) is 6.10 Å². The molecule has 0 radical (unpaired) electrons. The number of aliphatic hydroxyl groups excluding tert-OH is 1. The van der Waals surface area contributed by atoms with Gasteiger partial charge in [-0.1, -0.05) is 72.3 Å². The van der Waals surface area contributed by atoms with Gasteiger partial charge in [-0.3, -0.25) is 0 Å². The van der Waals surface area contributed by atoms with Crippen LogP contribution in [0, 0.1) is 6.92 Å². The molecule has 3 aromatic rings. The molecule has 106 valence electrons. The lowest BCUT2D eigenvalue weighted by molar-refractivity contribution is 0.175. The third kappa shape index (κ3) is 3.50. The summed E-state index contributed by atoms with van der Waals surface area (Å²) in [5.41, 5.74) is 3.63. The number of aryl methyl sites for hydroxylation is 1. The Morgan fingerprint density at radius 1 is 0.762 bits per heavy atom. The molecule has 1 heteroatoms. The van der Waals surface area contributed by atoms with Crippen molar-refractivity contribution in [3.05, 3.63) is 83.4 Å². The van der Waals surface area contributed by atoms with Crippen molar-refractivity contribution in [2.45, 2.75) is 25.9 Å². The largest absolute Gasteiger partial charge is 0.392 e. The van der Waals surface area contributed by atoms with E-state index in [1.54, 1.807) is 0 Å². The fraction of sp³-hybridized carbons (Fsp3) is 0.200. The van der Waals surface area contributed by atoms with Crippen LogP contribution in [-0.4, -0.2) is 11.2 Å². The summed E-state index contributed by atoms with van der Waals surface area (Å²) >= 11 is 0. The van der Waals surface area contributed by atoms with Crippen molar-refractivity contribution in [1.29, 1.82) is 0 Å². The molecule has 0 aromatic heterocycles. The average molecular weight is 276 g/mol. The van der Waals surface area contributed by atoms with Crippen LogP contribution in [0.15, 0.2) is 66.7 Å². The summed E-state index contributed by atoms with van der Waals surface area (Å²) in [6.07, 6.45) is 1.06. The fourth-order valence-corrected chi connectivity index (χ4v) is 2.82. The zero-order valence-corrected chi connectivity index (χ0v) is 12.3. The summed E-state index contributed by atoms with van der Waals surface area (Å²) < 4.78 is 0. The number of benzene rings is 3. The number of aliphatic hydroxyl groups is 1. The van der Waals surface area contributed by atoms with Crippen molar-refractivity contribution in [3.63, 3.8) is 0 Å². The Balaban J connectivity index is 1.72. The third-order valence-corrected chi connectivity index (χ3v) is 3.84. The summed E-state index contributed by atoms with van der Waals surface area (Å²) in [4.78, 5) is 0. The first-order valence-electron chi connectivity index (χ1n) is 7.42. The molecule has 1 nitrogen and oxygen atoms in total. The van der Waals surface area contributed by atoms with E-state index in [1.165, 1.54) is 27.5 Å². The first kappa shape index (κ1) is 13.8. The predicted octanol–water partition coefficient (Wildman–Crippen LogP) is 4.29. The van der Waals surface area contributed by atoms with Gasteiger partial charge in [0.2, 0.25) is 0 Å². The van der Waals surface area contributed by atoms with E-state index in [9.17, 15) is 5.11 Å². The van der Waals surface area contributed by atoms with E-state index in [1.807, 2.05) is 6.07 Å². The van der Waals surface area contributed by atoms with Crippen LogP contribution in [0.25, 0.3) is 10.8 Å². The predicted molar refractivity (Wildman–Crippen MR) is 88.5 cm³/mol. The highest BCUT2D eigenvalue weighted by Crippen LogP contribution is 2.17. The Morgan fingerprint density at radius 3 is 2.24 bits per heavy atom. The van der Waals surface area contributed by atoms with Crippen LogP contribution in [0.2, 0.25) is 0 Å². The van der Waals surface area contributed by atoms with Crippen LogP contribution < -0.4 is 0 Å². The summed E-state index contributed by atoms with van der Waals surface area (Å²) in [5, 5.41) is 12.8. The van der Waals surface area contributed by atoms with Gasteiger partial charge in [-0.2, -0.15) is 0 Å². The maximum atomic E-state index is 10.3. The van der Waals surface area contributed by atoms with E-state index in [-0.39, 0.29) is 6.10 Å². The van der Waals surface area contributed by atoms with Crippen LogP contribution in [0.4, 0.5) is 0 Å². The second-order valence-corrected chi connectivity index (χ2v) is 5.73. The van der Waals surface area contributed by atoms with Gasteiger partial charge in [0.1, 0.15) is 0 Å². The lowest BCUT2D eigenvalue weighted by atomic mass is 9.98. The summed E-state index contributed by atoms with van der Waals surface area (Å²) in [6, 6.07) is 23.1. The minimum Gasteiger partial charge on any atom is -0.392 e. The molecule has 0 aliphatic rings. The van der Waals surface area contributed by atoms with Gasteiger partial charge >= 0.3 is 0 Å². The van der Waals surface area contributed by atoms with Crippen molar-refractivity contribution in [2.24, 2.45) is 0 Å². The zero-order valence-electron chi connectivity index (χ0n) is 12.3. The van der Waals surface area contributed by atoms with E-state index in [0.717, 1.165) is 0 Å². The average Bonchev–Trinajstić information content (AvgIpc) is 2.47. The third-order valence-electron chi connectivity index (χ3n) is 3.84. The molecule has 0 amide bonds. The molecule has 3 aromatic carbocycles. The Bertz CT molecular complexity index is 745. The van der Waals surface area contributed by atoms with Gasteiger partial charge in [-0.15, -0.1) is 0 Å². The van der Waals surface area contributed by atoms with Crippen LogP contribution in [0.3, 0.4) is 0 Å². The van der Waals surface area contributed by atoms with Gasteiger partial charge in [0.25, 0.3) is 0 Å². The summed E-state index contributed by atoms with van der Waals surface area (Å²) in [7, 11) is 0. The van der Waals surface area contributed by atoms with Crippen molar-refractivity contribution in [3.8, 4) is 0 Å². The van der Waals surface area contributed by atoms with Crippen molar-refractivity contribution in [1.82, 2.24) is 0 Å². The maximum Gasteiger partial charge on any atom is 0.0620 e. The Hall–Kier alpha value is -2.12. The van der Waals surface area contributed by atoms with E-state index < -0.39 is 0 Å². The standard InChI is InChI=1S/C20H20O/c1-15-5-4-6-16(11-15)13-20(21)14-17-9-10-18-7-2-3-8-19(18)12-17/h2-12,20-21H,13-14H2,1H3. The topological polar surface area (TPSA) is 20.2 Å². The lowest BCUT2D eigenvalue weighted by Crippen LogP contribution is -2.13. The van der Waals surface area contributed by atoms with E-state index in [2.05, 4.69) is 67.6 Å². The first-order valence-corrected chi connectivity index (χ1v) is 7.42. The highest BCUT2D eigenvalue weighted by atomic mass is 16.3. The minimum atomic E-state index is -0.340. The SMILES string of the molecule is Cc1cccc(CC(O)Cc2ccc3ccccc3c2)c1. The molecule has 3 rings (SSSR count). The van der Waals surface area contributed by atoms with E-state index >= 15 is 0 Å². The molecule has 0 aliphatic carbocycles. The van der Waals surface area contributed by atoms with Crippen molar-refractivity contribution < 1.29 is 5.11 Å². The smallest absolute Gasteiger partial charge is 0.0620 e. The van der Waals surface area contributed by atoms with Crippen molar-refractivity contribution in [2.75, 3.05) is 0 Å². The quantitative estimate of drug-likeness (QED) is 0.753. The van der Waals surface area contributed by atoms with Crippen LogP contribution >= 0.6 is 0 Å². The summed E-state index contributed by atoms with van der Waals surface area (Å²) in [6.45, 7) is 2.08. The lowest BCUT2D eigenvalue weighted by Gasteiger charge is -2.12. The Morgan fingerprint density at radius 2 is 1.48 bits per heavy atom. The van der Waals surface area contributed by atoms with Gasteiger partial charge in [0, 0.05) is 0 Å². The normalized spacial score (nSPS) is 12.5. The molecule has 1 N–H and O–H groups in total. The molecule has 21 heavy (non-hydrogen) atoms. The second-order valence-electron chi connectivity index (χ2n) is 5.73. The molecule has 0 aliphatic heterocycles. The van der Waals surface area contributed by atoms with Crippen LogP contribution in [0.5, 0.6) is 0 Å². The molecule has 0 heterocycles. The molecule has 0 bridgehead atoms. The number of rotatable bonds is 4. The minimum absolute atomic E-state index is 0.340. The van der Waals surface area contributed by atoms with E-state index in [4.69, 9.17) is 0 Å². The highest BCUT2D eigenvalue weighted by molar-refractivity contribution is 5.82. The monoisotopic (exact) mass is 276 g/mol. The molecular weight excluding hydrogens is 256 g/mol. The van der Waals surface area contributed by atoms with Crippen LogP contribution in [0.1, 0.15) is 16.7 Å². The highest BCUT2D eigenvalue weighted by Gasteiger charge is 2.07. The first-order chi connectivity index (χ1) is 10.2. The van der Waals surface area contributed by atoms with Gasteiger partial charge in [-0.25, -0.2) is 0 Å². The Labute approximate surface area is 125 Å². The molecule has 0 saturated heterocycles. The maximum absolute atomic E-state index is 10.3.